The van der Waals surface area contributed by atoms with Gasteiger partial charge in [0.1, 0.15) is 0 Å². The van der Waals surface area contributed by atoms with E-state index in [1.165, 1.54) is 12.1 Å². The van der Waals surface area contributed by atoms with Gasteiger partial charge in [-0.25, -0.2) is 0 Å². The van der Waals surface area contributed by atoms with Gasteiger partial charge in [0, 0.05) is 24.3 Å². The average molecular weight is 376 g/mol. The normalized spacial score (nSPS) is 17.3. The van der Waals surface area contributed by atoms with Gasteiger partial charge in [-0.3, -0.25) is 9.59 Å². The summed E-state index contributed by atoms with van der Waals surface area (Å²) >= 11 is 0. The molecule has 0 saturated carbocycles. The molecule has 0 aromatic heterocycles. The van der Waals surface area contributed by atoms with Gasteiger partial charge in [0.25, 0.3) is 0 Å². The van der Waals surface area contributed by atoms with Crippen LogP contribution in [0.3, 0.4) is 0 Å². The van der Waals surface area contributed by atoms with Crippen molar-refractivity contribution in [2.24, 2.45) is 5.92 Å². The zero-order valence-electron chi connectivity index (χ0n) is 14.9. The molecule has 1 heterocycles. The van der Waals surface area contributed by atoms with Crippen molar-refractivity contribution in [2.75, 3.05) is 16.8 Å². The molecule has 142 valence electrons. The summed E-state index contributed by atoms with van der Waals surface area (Å²) in [6, 6.07) is 10.2. The van der Waals surface area contributed by atoms with Gasteiger partial charge in [0.2, 0.25) is 11.8 Å². The summed E-state index contributed by atoms with van der Waals surface area (Å²) in [7, 11) is 0. The Kier molecular flexibility index (Phi) is 4.95. The first-order valence-electron chi connectivity index (χ1n) is 8.50. The number of carbonyl (C=O) groups is 2. The van der Waals surface area contributed by atoms with Crippen LogP contribution in [0.2, 0.25) is 0 Å². The largest absolute Gasteiger partial charge is 0.416 e. The third kappa shape index (κ3) is 4.30. The highest BCUT2D eigenvalue weighted by molar-refractivity contribution is 6.03. The first-order chi connectivity index (χ1) is 12.6. The SMILES string of the molecule is Cc1cc(C)cc(N2CC(C(=O)Nc3cccc(C(F)(F)F)c3)CC2=O)c1. The van der Waals surface area contributed by atoms with Crippen LogP contribution >= 0.6 is 0 Å². The maximum atomic E-state index is 12.8. The molecule has 27 heavy (non-hydrogen) atoms. The predicted molar refractivity (Wildman–Crippen MR) is 96.4 cm³/mol. The Morgan fingerprint density at radius 3 is 2.41 bits per heavy atom. The molecule has 2 aromatic rings. The zero-order valence-corrected chi connectivity index (χ0v) is 14.9. The molecule has 0 bridgehead atoms. The Labute approximate surface area is 155 Å². The van der Waals surface area contributed by atoms with Crippen LogP contribution in [0.15, 0.2) is 42.5 Å². The van der Waals surface area contributed by atoms with Gasteiger partial charge in [-0.05, 0) is 55.3 Å². The van der Waals surface area contributed by atoms with Gasteiger partial charge >= 0.3 is 6.18 Å². The van der Waals surface area contributed by atoms with Crippen molar-refractivity contribution < 1.29 is 22.8 Å². The lowest BCUT2D eigenvalue weighted by atomic mass is 10.1. The fourth-order valence-corrected chi connectivity index (χ4v) is 3.26. The summed E-state index contributed by atoms with van der Waals surface area (Å²) < 4.78 is 38.4. The minimum atomic E-state index is -4.48. The van der Waals surface area contributed by atoms with Crippen LogP contribution in [-0.2, 0) is 15.8 Å². The van der Waals surface area contributed by atoms with E-state index in [0.717, 1.165) is 28.9 Å². The van der Waals surface area contributed by atoms with E-state index in [0.29, 0.717) is 0 Å². The quantitative estimate of drug-likeness (QED) is 0.868. The van der Waals surface area contributed by atoms with Gasteiger partial charge in [-0.15, -0.1) is 0 Å². The third-order valence-electron chi connectivity index (χ3n) is 4.47. The lowest BCUT2D eigenvalue weighted by Crippen LogP contribution is -2.28. The number of amides is 2. The molecule has 2 aromatic carbocycles. The molecule has 0 radical (unpaired) electrons. The zero-order chi connectivity index (χ0) is 19.8. The molecule has 1 N–H and O–H groups in total. The minimum absolute atomic E-state index is 0.0256. The monoisotopic (exact) mass is 376 g/mol. The van der Waals surface area contributed by atoms with Crippen molar-refractivity contribution >= 4 is 23.2 Å². The highest BCUT2D eigenvalue weighted by atomic mass is 19.4. The Morgan fingerprint density at radius 1 is 1.11 bits per heavy atom. The Bertz CT molecular complexity index is 873. The van der Waals surface area contributed by atoms with E-state index in [2.05, 4.69) is 5.32 Å². The molecular weight excluding hydrogens is 357 g/mol. The number of nitrogens with one attached hydrogen (secondary N) is 1. The molecular formula is C20H19F3N2O2. The van der Waals surface area contributed by atoms with Crippen LogP contribution in [0.25, 0.3) is 0 Å². The summed E-state index contributed by atoms with van der Waals surface area (Å²) in [6.07, 6.45) is -4.46. The molecule has 4 nitrogen and oxygen atoms in total. The fourth-order valence-electron chi connectivity index (χ4n) is 3.26. The topological polar surface area (TPSA) is 49.4 Å². The summed E-state index contributed by atoms with van der Waals surface area (Å²) in [4.78, 5) is 26.4. The predicted octanol–water partition coefficient (Wildman–Crippen LogP) is 4.31. The van der Waals surface area contributed by atoms with Crippen LogP contribution < -0.4 is 10.2 Å². The van der Waals surface area contributed by atoms with Crippen molar-refractivity contribution in [1.82, 2.24) is 0 Å². The van der Waals surface area contributed by atoms with Crippen LogP contribution in [0.4, 0.5) is 24.5 Å². The molecule has 1 fully saturated rings. The Morgan fingerprint density at radius 2 is 1.78 bits per heavy atom. The van der Waals surface area contributed by atoms with Crippen molar-refractivity contribution in [3.8, 4) is 0 Å². The number of halogens is 3. The fraction of sp³-hybridized carbons (Fsp3) is 0.300. The van der Waals surface area contributed by atoms with Crippen molar-refractivity contribution in [1.29, 1.82) is 0 Å². The summed E-state index contributed by atoms with van der Waals surface area (Å²) in [5, 5.41) is 2.49. The van der Waals surface area contributed by atoms with E-state index in [4.69, 9.17) is 0 Å². The molecule has 0 aliphatic carbocycles. The molecule has 3 rings (SSSR count). The van der Waals surface area contributed by atoms with E-state index in [-0.39, 0.29) is 24.6 Å². The molecule has 0 spiro atoms. The van der Waals surface area contributed by atoms with E-state index in [1.54, 1.807) is 4.90 Å². The van der Waals surface area contributed by atoms with Crippen molar-refractivity contribution in [3.63, 3.8) is 0 Å². The summed E-state index contributed by atoms with van der Waals surface area (Å²) in [5.41, 5.74) is 1.97. The first-order valence-corrected chi connectivity index (χ1v) is 8.50. The van der Waals surface area contributed by atoms with Crippen LogP contribution in [0.5, 0.6) is 0 Å². The van der Waals surface area contributed by atoms with Gasteiger partial charge < -0.3 is 10.2 Å². The number of alkyl halides is 3. The molecule has 1 aliphatic heterocycles. The van der Waals surface area contributed by atoms with E-state index >= 15 is 0 Å². The molecule has 1 unspecified atom stereocenters. The molecule has 1 saturated heterocycles. The first kappa shape index (κ1) is 18.9. The van der Waals surface area contributed by atoms with Gasteiger partial charge in [0.05, 0.1) is 11.5 Å². The standard InChI is InChI=1S/C20H19F3N2O2/c1-12-6-13(2)8-17(7-12)25-11-14(9-18(25)26)19(27)24-16-5-3-4-15(10-16)20(21,22)23/h3-8,10,14H,9,11H2,1-2H3,(H,24,27). The van der Waals surface area contributed by atoms with Gasteiger partial charge in [-0.1, -0.05) is 12.1 Å². The number of anilines is 2. The molecule has 1 aliphatic rings. The highest BCUT2D eigenvalue weighted by Gasteiger charge is 2.36. The van der Waals surface area contributed by atoms with Crippen LogP contribution in [0, 0.1) is 19.8 Å². The van der Waals surface area contributed by atoms with Gasteiger partial charge in [-0.2, -0.15) is 13.2 Å². The van der Waals surface area contributed by atoms with E-state index in [1.807, 2.05) is 32.0 Å². The maximum absolute atomic E-state index is 12.8. The second kappa shape index (κ2) is 7.06. The number of carbonyl (C=O) groups excluding carboxylic acids is 2. The van der Waals surface area contributed by atoms with Crippen LogP contribution in [0.1, 0.15) is 23.1 Å². The second-order valence-electron chi connectivity index (χ2n) is 6.82. The highest BCUT2D eigenvalue weighted by Crippen LogP contribution is 2.31. The van der Waals surface area contributed by atoms with Gasteiger partial charge in [0.15, 0.2) is 0 Å². The lowest BCUT2D eigenvalue weighted by molar-refractivity contribution is -0.137. The average Bonchev–Trinajstić information content (AvgIpc) is 2.95. The van der Waals surface area contributed by atoms with Crippen molar-refractivity contribution in [2.45, 2.75) is 26.4 Å². The second-order valence-corrected chi connectivity index (χ2v) is 6.82. The minimum Gasteiger partial charge on any atom is -0.326 e. The maximum Gasteiger partial charge on any atom is 0.416 e. The number of hydrogen-bond acceptors (Lipinski definition) is 2. The van der Waals surface area contributed by atoms with E-state index in [9.17, 15) is 22.8 Å². The smallest absolute Gasteiger partial charge is 0.326 e. The number of aryl methyl sites for hydroxylation is 2. The summed E-state index contributed by atoms with van der Waals surface area (Å²) in [6.45, 7) is 4.05. The molecule has 7 heteroatoms. The van der Waals surface area contributed by atoms with Crippen LogP contribution in [-0.4, -0.2) is 18.4 Å². The number of hydrogen-bond donors (Lipinski definition) is 1. The van der Waals surface area contributed by atoms with Crippen molar-refractivity contribution in [3.05, 3.63) is 59.2 Å². The number of nitrogens with zero attached hydrogens (tertiary/aromatic N) is 1. The lowest BCUT2D eigenvalue weighted by Gasteiger charge is -2.18. The third-order valence-corrected chi connectivity index (χ3v) is 4.47. The Balaban J connectivity index is 1.73. The number of rotatable bonds is 3. The molecule has 2 amide bonds. The molecule has 1 atom stereocenters. The van der Waals surface area contributed by atoms with E-state index < -0.39 is 23.6 Å². The number of benzene rings is 2. The Hall–Kier alpha value is -2.83. The summed E-state index contributed by atoms with van der Waals surface area (Å²) in [5.74, 6) is -1.26.